The maximum atomic E-state index is 12.5. The number of hydrogen-bond acceptors (Lipinski definition) is 5. The first kappa shape index (κ1) is 13.5. The minimum atomic E-state index is 0.101. The zero-order valence-electron chi connectivity index (χ0n) is 11.4. The fourth-order valence-corrected chi connectivity index (χ4v) is 4.06. The summed E-state index contributed by atoms with van der Waals surface area (Å²) in [4.78, 5) is 25.1. The van der Waals surface area contributed by atoms with Gasteiger partial charge in [-0.1, -0.05) is 30.0 Å². The number of thioether (sulfide) groups is 1. The number of nitrogens with zero attached hydrogens (tertiary/aromatic N) is 2. The molecule has 3 aromatic heterocycles. The van der Waals surface area contributed by atoms with Crippen LogP contribution in [-0.4, -0.2) is 26.5 Å². The number of thiophene rings is 1. The van der Waals surface area contributed by atoms with E-state index >= 15 is 0 Å². The highest BCUT2D eigenvalue weighted by Gasteiger charge is 2.13. The molecule has 3 heterocycles. The number of H-pyrrole nitrogens is 1. The second-order valence-electron chi connectivity index (χ2n) is 4.78. The van der Waals surface area contributed by atoms with Crippen LogP contribution in [0.15, 0.2) is 53.3 Å². The highest BCUT2D eigenvalue weighted by atomic mass is 32.2. The molecular formula is C16H11N3OS2. The van der Waals surface area contributed by atoms with Crippen LogP contribution in [0.25, 0.3) is 21.1 Å². The van der Waals surface area contributed by atoms with Crippen molar-refractivity contribution >= 4 is 50.0 Å². The van der Waals surface area contributed by atoms with E-state index in [1.807, 2.05) is 35.7 Å². The normalized spacial score (nSPS) is 11.3. The van der Waals surface area contributed by atoms with Crippen LogP contribution in [0.4, 0.5) is 0 Å². The lowest BCUT2D eigenvalue weighted by Crippen LogP contribution is -2.01. The van der Waals surface area contributed by atoms with Crippen molar-refractivity contribution in [3.63, 3.8) is 0 Å². The minimum absolute atomic E-state index is 0.101. The van der Waals surface area contributed by atoms with E-state index in [1.165, 1.54) is 11.8 Å². The largest absolute Gasteiger partial charge is 0.360 e. The van der Waals surface area contributed by atoms with Crippen LogP contribution in [0.2, 0.25) is 0 Å². The molecular weight excluding hydrogens is 314 g/mol. The van der Waals surface area contributed by atoms with Gasteiger partial charge in [0.25, 0.3) is 0 Å². The molecule has 0 aliphatic heterocycles. The second-order valence-corrected chi connectivity index (χ2v) is 6.64. The molecule has 6 heteroatoms. The van der Waals surface area contributed by atoms with E-state index in [9.17, 15) is 4.79 Å². The SMILES string of the molecule is O=C(CSc1ncnc2sccc12)c1c[nH]c2ccccc12. The lowest BCUT2D eigenvalue weighted by atomic mass is 10.1. The summed E-state index contributed by atoms with van der Waals surface area (Å²) in [5.41, 5.74) is 1.72. The van der Waals surface area contributed by atoms with Crippen LogP contribution in [0, 0.1) is 0 Å². The number of carbonyl (C=O) groups excluding carboxylic acids is 1. The predicted molar refractivity (Wildman–Crippen MR) is 90.8 cm³/mol. The van der Waals surface area contributed by atoms with Crippen molar-refractivity contribution in [3.8, 4) is 0 Å². The van der Waals surface area contributed by atoms with Gasteiger partial charge in [-0.15, -0.1) is 11.3 Å². The van der Waals surface area contributed by atoms with Crippen molar-refractivity contribution < 1.29 is 4.79 Å². The first-order valence-electron chi connectivity index (χ1n) is 6.73. The summed E-state index contributed by atoms with van der Waals surface area (Å²) in [5, 5.41) is 4.84. The van der Waals surface area contributed by atoms with Crippen molar-refractivity contribution in [2.75, 3.05) is 5.75 Å². The maximum absolute atomic E-state index is 12.5. The Morgan fingerprint density at radius 3 is 3.05 bits per heavy atom. The number of aromatic amines is 1. The Bertz CT molecular complexity index is 974. The molecule has 0 saturated heterocycles. The number of hydrogen-bond donors (Lipinski definition) is 1. The number of carbonyl (C=O) groups is 1. The molecule has 0 amide bonds. The van der Waals surface area contributed by atoms with Gasteiger partial charge in [0.2, 0.25) is 0 Å². The third-order valence-electron chi connectivity index (χ3n) is 3.45. The van der Waals surface area contributed by atoms with Gasteiger partial charge >= 0.3 is 0 Å². The van der Waals surface area contributed by atoms with Gasteiger partial charge in [0.15, 0.2) is 5.78 Å². The van der Waals surface area contributed by atoms with Crippen LogP contribution >= 0.6 is 23.1 Å². The quantitative estimate of drug-likeness (QED) is 0.348. The summed E-state index contributed by atoms with van der Waals surface area (Å²) in [6.45, 7) is 0. The van der Waals surface area contributed by atoms with Gasteiger partial charge in [0, 0.05) is 28.0 Å². The highest BCUT2D eigenvalue weighted by Crippen LogP contribution is 2.28. The molecule has 4 nitrogen and oxygen atoms in total. The molecule has 22 heavy (non-hydrogen) atoms. The van der Waals surface area contributed by atoms with Gasteiger partial charge in [0.05, 0.1) is 5.75 Å². The molecule has 0 aliphatic carbocycles. The van der Waals surface area contributed by atoms with Gasteiger partial charge in [-0.25, -0.2) is 9.97 Å². The Morgan fingerprint density at radius 1 is 1.18 bits per heavy atom. The molecule has 0 spiro atoms. The third-order valence-corrected chi connectivity index (χ3v) is 5.28. The summed E-state index contributed by atoms with van der Waals surface area (Å²) in [6, 6.07) is 9.83. The first-order valence-corrected chi connectivity index (χ1v) is 8.60. The average molecular weight is 325 g/mol. The molecule has 1 N–H and O–H groups in total. The zero-order chi connectivity index (χ0) is 14.9. The molecule has 0 fully saturated rings. The first-order chi connectivity index (χ1) is 10.8. The van der Waals surface area contributed by atoms with Gasteiger partial charge in [0.1, 0.15) is 16.2 Å². The molecule has 108 valence electrons. The zero-order valence-corrected chi connectivity index (χ0v) is 13.1. The third kappa shape index (κ3) is 2.30. The summed E-state index contributed by atoms with van der Waals surface area (Å²) in [6.07, 6.45) is 3.34. The Hall–Kier alpha value is -2.18. The molecule has 0 saturated carbocycles. The molecule has 1 aromatic carbocycles. The fourth-order valence-electron chi connectivity index (χ4n) is 2.40. The smallest absolute Gasteiger partial charge is 0.175 e. The Balaban J connectivity index is 1.59. The van der Waals surface area contributed by atoms with E-state index in [1.54, 1.807) is 23.9 Å². The average Bonchev–Trinajstić information content (AvgIpc) is 3.19. The number of benzene rings is 1. The lowest BCUT2D eigenvalue weighted by molar-refractivity contribution is 0.102. The van der Waals surface area contributed by atoms with E-state index < -0.39 is 0 Å². The summed E-state index contributed by atoms with van der Waals surface area (Å²) in [7, 11) is 0. The number of fused-ring (bicyclic) bond motifs is 2. The van der Waals surface area contributed by atoms with E-state index in [4.69, 9.17) is 0 Å². The maximum Gasteiger partial charge on any atom is 0.175 e. The fraction of sp³-hybridized carbons (Fsp3) is 0.0625. The number of rotatable bonds is 4. The molecule has 0 unspecified atom stereocenters. The highest BCUT2D eigenvalue weighted by molar-refractivity contribution is 8.00. The van der Waals surface area contributed by atoms with E-state index in [0.29, 0.717) is 5.75 Å². The second kappa shape index (κ2) is 5.55. The van der Waals surface area contributed by atoms with Gasteiger partial charge in [-0.3, -0.25) is 4.79 Å². The van der Waals surface area contributed by atoms with E-state index in [0.717, 1.165) is 31.7 Å². The summed E-state index contributed by atoms with van der Waals surface area (Å²) in [5.74, 6) is 0.466. The topological polar surface area (TPSA) is 58.6 Å². The minimum Gasteiger partial charge on any atom is -0.360 e. The van der Waals surface area contributed by atoms with Crippen LogP contribution in [0.5, 0.6) is 0 Å². The van der Waals surface area contributed by atoms with E-state index in [2.05, 4.69) is 15.0 Å². The predicted octanol–water partition coefficient (Wildman–Crippen LogP) is 4.15. The van der Waals surface area contributed by atoms with Crippen molar-refractivity contribution in [2.24, 2.45) is 0 Å². The molecule has 0 aliphatic rings. The summed E-state index contributed by atoms with van der Waals surface area (Å²) >= 11 is 3.04. The molecule has 0 bridgehead atoms. The number of para-hydroxylation sites is 1. The molecule has 0 atom stereocenters. The van der Waals surface area contributed by atoms with Crippen LogP contribution in [0.3, 0.4) is 0 Å². The summed E-state index contributed by atoms with van der Waals surface area (Å²) < 4.78 is 0. The van der Waals surface area contributed by atoms with Gasteiger partial charge in [-0.05, 0) is 17.5 Å². The Labute approximate surface area is 134 Å². The van der Waals surface area contributed by atoms with Crippen LogP contribution < -0.4 is 0 Å². The number of ketones is 1. The number of aromatic nitrogens is 3. The van der Waals surface area contributed by atoms with E-state index in [-0.39, 0.29) is 5.78 Å². The number of nitrogens with one attached hydrogen (secondary N) is 1. The molecule has 4 aromatic rings. The van der Waals surface area contributed by atoms with Gasteiger partial charge < -0.3 is 4.98 Å². The number of Topliss-reactive ketones (excluding diaryl/α,β-unsaturated/α-hetero) is 1. The van der Waals surface area contributed by atoms with Crippen molar-refractivity contribution in [1.29, 1.82) is 0 Å². The lowest BCUT2D eigenvalue weighted by Gasteiger charge is -2.01. The van der Waals surface area contributed by atoms with Crippen molar-refractivity contribution in [1.82, 2.24) is 15.0 Å². The monoisotopic (exact) mass is 325 g/mol. The van der Waals surface area contributed by atoms with Crippen LogP contribution in [-0.2, 0) is 0 Å². The van der Waals surface area contributed by atoms with Crippen molar-refractivity contribution in [3.05, 3.63) is 53.8 Å². The Kier molecular flexibility index (Phi) is 3.40. The van der Waals surface area contributed by atoms with Gasteiger partial charge in [-0.2, -0.15) is 0 Å². The molecule has 0 radical (unpaired) electrons. The molecule has 4 rings (SSSR count). The Morgan fingerprint density at radius 2 is 2.09 bits per heavy atom. The van der Waals surface area contributed by atoms with Crippen LogP contribution in [0.1, 0.15) is 10.4 Å². The van der Waals surface area contributed by atoms with Crippen molar-refractivity contribution in [2.45, 2.75) is 5.03 Å². The standard InChI is InChI=1S/C16H11N3OS2/c20-14(12-7-17-13-4-2-1-3-10(12)13)8-22-16-11-5-6-21-15(11)18-9-19-16/h1-7,9,17H,8H2.